The highest BCUT2D eigenvalue weighted by molar-refractivity contribution is 6.32. The van der Waals surface area contributed by atoms with E-state index in [0.29, 0.717) is 28.7 Å². The van der Waals surface area contributed by atoms with Crippen molar-refractivity contribution < 1.29 is 13.2 Å². The van der Waals surface area contributed by atoms with Crippen molar-refractivity contribution in [2.24, 2.45) is 0 Å². The smallest absolute Gasteiger partial charge is 0.313 e. The molecule has 0 unspecified atom stereocenters. The van der Waals surface area contributed by atoms with E-state index in [1.54, 1.807) is 5.12 Å². The quantitative estimate of drug-likeness (QED) is 0.466. The zero-order valence-corrected chi connectivity index (χ0v) is 17.5. The van der Waals surface area contributed by atoms with Crippen LogP contribution in [0, 0.1) is 0 Å². The van der Waals surface area contributed by atoms with Crippen LogP contribution in [0.3, 0.4) is 0 Å². The SMILES string of the molecule is FC(F)(F)c1ccc(Cl)c(CNCCCNN2C=CC(=Cc3ccccc3Cl)N2)c1. The normalized spacial score (nSPS) is 15.1. The van der Waals surface area contributed by atoms with Gasteiger partial charge in [0, 0.05) is 29.3 Å². The molecule has 30 heavy (non-hydrogen) atoms. The molecule has 0 bridgehead atoms. The Morgan fingerprint density at radius 3 is 2.60 bits per heavy atom. The molecular weight excluding hydrogens is 436 g/mol. The van der Waals surface area contributed by atoms with Gasteiger partial charge in [-0.15, -0.1) is 0 Å². The van der Waals surface area contributed by atoms with E-state index in [1.165, 1.54) is 6.07 Å². The Balaban J connectivity index is 1.37. The number of hydrogen-bond acceptors (Lipinski definition) is 4. The summed E-state index contributed by atoms with van der Waals surface area (Å²) in [6.45, 7) is 1.56. The summed E-state index contributed by atoms with van der Waals surface area (Å²) in [6.07, 6.45) is 2.12. The minimum absolute atomic E-state index is 0.273. The Hall–Kier alpha value is -2.19. The number of alkyl halides is 3. The molecule has 0 saturated carbocycles. The Morgan fingerprint density at radius 1 is 1.03 bits per heavy atom. The van der Waals surface area contributed by atoms with Gasteiger partial charge in [0.25, 0.3) is 0 Å². The predicted octanol–water partition coefficient (Wildman–Crippen LogP) is 5.37. The molecule has 2 aromatic carbocycles. The first-order chi connectivity index (χ1) is 14.3. The third-order valence-electron chi connectivity index (χ3n) is 4.37. The largest absolute Gasteiger partial charge is 0.416 e. The second-order valence-corrected chi connectivity index (χ2v) is 7.48. The van der Waals surface area contributed by atoms with E-state index in [9.17, 15) is 13.2 Å². The van der Waals surface area contributed by atoms with E-state index in [-0.39, 0.29) is 6.54 Å². The van der Waals surface area contributed by atoms with Crippen LogP contribution in [0.4, 0.5) is 13.2 Å². The highest BCUT2D eigenvalue weighted by Crippen LogP contribution is 2.31. The van der Waals surface area contributed by atoms with Crippen molar-refractivity contribution in [3.63, 3.8) is 0 Å². The van der Waals surface area contributed by atoms with E-state index in [4.69, 9.17) is 23.2 Å². The molecule has 1 aliphatic rings. The summed E-state index contributed by atoms with van der Waals surface area (Å²) in [5, 5.41) is 5.86. The van der Waals surface area contributed by atoms with Crippen molar-refractivity contribution in [2.75, 3.05) is 13.1 Å². The van der Waals surface area contributed by atoms with Gasteiger partial charge in [0.05, 0.1) is 11.3 Å². The van der Waals surface area contributed by atoms with Crippen LogP contribution in [0.2, 0.25) is 10.0 Å². The molecule has 3 N–H and O–H groups in total. The van der Waals surface area contributed by atoms with Crippen LogP contribution in [0.15, 0.2) is 60.4 Å². The molecule has 0 atom stereocenters. The van der Waals surface area contributed by atoms with Crippen LogP contribution in [0.1, 0.15) is 23.1 Å². The van der Waals surface area contributed by atoms with Crippen LogP contribution < -0.4 is 16.2 Å². The maximum Gasteiger partial charge on any atom is 0.416 e. The summed E-state index contributed by atoms with van der Waals surface area (Å²) in [7, 11) is 0. The van der Waals surface area contributed by atoms with Gasteiger partial charge in [-0.2, -0.15) is 13.2 Å². The molecule has 1 heterocycles. The van der Waals surface area contributed by atoms with E-state index in [2.05, 4.69) is 16.2 Å². The molecule has 0 amide bonds. The molecule has 0 aliphatic carbocycles. The van der Waals surface area contributed by atoms with Gasteiger partial charge in [-0.25, -0.2) is 10.5 Å². The van der Waals surface area contributed by atoms with Gasteiger partial charge in [-0.3, -0.25) is 5.43 Å². The minimum atomic E-state index is -4.38. The third kappa shape index (κ3) is 6.40. The zero-order valence-electron chi connectivity index (χ0n) is 15.9. The maximum atomic E-state index is 12.8. The molecule has 0 saturated heterocycles. The monoisotopic (exact) mass is 456 g/mol. The first-order valence-corrected chi connectivity index (χ1v) is 10.1. The number of allylic oxidation sites excluding steroid dienone is 1. The Bertz CT molecular complexity index is 929. The number of nitrogens with one attached hydrogen (secondary N) is 3. The first kappa shape index (κ1) is 22.5. The summed E-state index contributed by atoms with van der Waals surface area (Å²) in [6, 6.07) is 10.9. The standard InChI is InChI=1S/C21H21Cl2F3N4/c22-19-5-2-1-4-15(19)13-18-8-11-30(29-18)28-10-3-9-27-14-16-12-17(21(24,25)26)6-7-20(16)23/h1-2,4-8,11-13,27-29H,3,9-10,14H2. The summed E-state index contributed by atoms with van der Waals surface area (Å²) in [5.74, 6) is 0. The molecule has 160 valence electrons. The van der Waals surface area contributed by atoms with Crippen LogP contribution in [0.5, 0.6) is 0 Å². The van der Waals surface area contributed by atoms with Gasteiger partial charge in [0.2, 0.25) is 0 Å². The van der Waals surface area contributed by atoms with Gasteiger partial charge in [-0.1, -0.05) is 41.4 Å². The van der Waals surface area contributed by atoms with Gasteiger partial charge in [-0.05, 0) is 60.5 Å². The molecule has 1 aliphatic heterocycles. The average Bonchev–Trinajstić information content (AvgIpc) is 3.14. The lowest BCUT2D eigenvalue weighted by atomic mass is 10.1. The number of benzene rings is 2. The predicted molar refractivity (Wildman–Crippen MR) is 114 cm³/mol. The maximum absolute atomic E-state index is 12.8. The lowest BCUT2D eigenvalue weighted by molar-refractivity contribution is -0.137. The second kappa shape index (κ2) is 10.2. The van der Waals surface area contributed by atoms with E-state index < -0.39 is 11.7 Å². The highest BCUT2D eigenvalue weighted by Gasteiger charge is 2.30. The number of rotatable bonds is 8. The van der Waals surface area contributed by atoms with Gasteiger partial charge in [0.15, 0.2) is 0 Å². The fourth-order valence-electron chi connectivity index (χ4n) is 2.82. The summed E-state index contributed by atoms with van der Waals surface area (Å²) >= 11 is 12.2. The molecule has 0 spiro atoms. The van der Waals surface area contributed by atoms with Gasteiger partial charge < -0.3 is 5.32 Å². The number of hydrogen-bond donors (Lipinski definition) is 3. The summed E-state index contributed by atoms with van der Waals surface area (Å²) in [5.41, 5.74) is 7.93. The van der Waals surface area contributed by atoms with Crippen LogP contribution in [-0.4, -0.2) is 18.2 Å². The van der Waals surface area contributed by atoms with Crippen molar-refractivity contribution in [1.82, 2.24) is 21.3 Å². The molecule has 0 radical (unpaired) electrons. The Morgan fingerprint density at radius 2 is 1.83 bits per heavy atom. The molecule has 0 fully saturated rings. The number of nitrogens with zero attached hydrogens (tertiary/aromatic N) is 1. The fraction of sp³-hybridized carbons (Fsp3) is 0.238. The van der Waals surface area contributed by atoms with Gasteiger partial charge >= 0.3 is 6.18 Å². The topological polar surface area (TPSA) is 39.3 Å². The lowest BCUT2D eigenvalue weighted by Crippen LogP contribution is -2.41. The molecule has 2 aromatic rings. The Labute approximate surface area is 183 Å². The second-order valence-electron chi connectivity index (χ2n) is 6.66. The van der Waals surface area contributed by atoms with Crippen LogP contribution >= 0.6 is 23.2 Å². The van der Waals surface area contributed by atoms with Crippen molar-refractivity contribution in [3.05, 3.63) is 87.2 Å². The first-order valence-electron chi connectivity index (χ1n) is 9.33. The van der Waals surface area contributed by atoms with E-state index in [0.717, 1.165) is 29.8 Å². The lowest BCUT2D eigenvalue weighted by Gasteiger charge is -2.18. The number of hydrazine groups is 2. The third-order valence-corrected chi connectivity index (χ3v) is 5.08. The zero-order chi connectivity index (χ0) is 21.6. The van der Waals surface area contributed by atoms with Gasteiger partial charge in [0.1, 0.15) is 0 Å². The summed E-state index contributed by atoms with van der Waals surface area (Å²) < 4.78 is 38.4. The summed E-state index contributed by atoms with van der Waals surface area (Å²) in [4.78, 5) is 0. The van der Waals surface area contributed by atoms with E-state index >= 15 is 0 Å². The molecular formula is C21H21Cl2F3N4. The van der Waals surface area contributed by atoms with Crippen LogP contribution in [0.25, 0.3) is 6.08 Å². The molecule has 0 aromatic heterocycles. The highest BCUT2D eigenvalue weighted by atomic mass is 35.5. The molecule has 9 heteroatoms. The fourth-order valence-corrected chi connectivity index (χ4v) is 3.20. The van der Waals surface area contributed by atoms with Crippen molar-refractivity contribution >= 4 is 29.3 Å². The Kier molecular flexibility index (Phi) is 7.66. The van der Waals surface area contributed by atoms with Crippen molar-refractivity contribution in [2.45, 2.75) is 19.1 Å². The number of halogens is 5. The minimum Gasteiger partial charge on any atom is -0.313 e. The van der Waals surface area contributed by atoms with Crippen molar-refractivity contribution in [1.29, 1.82) is 0 Å². The van der Waals surface area contributed by atoms with Crippen LogP contribution in [-0.2, 0) is 12.7 Å². The molecule has 3 rings (SSSR count). The average molecular weight is 457 g/mol. The van der Waals surface area contributed by atoms with E-state index in [1.807, 2.05) is 42.6 Å². The van der Waals surface area contributed by atoms with Crippen molar-refractivity contribution in [3.8, 4) is 0 Å². The molecule has 4 nitrogen and oxygen atoms in total.